The van der Waals surface area contributed by atoms with Gasteiger partial charge in [-0.05, 0) is 25.1 Å². The molecule has 2 N–H and O–H groups in total. The molecule has 0 heterocycles. The first-order valence-corrected chi connectivity index (χ1v) is 5.75. The van der Waals surface area contributed by atoms with Gasteiger partial charge in [0.25, 0.3) is 0 Å². The lowest BCUT2D eigenvalue weighted by Crippen LogP contribution is -2.32. The van der Waals surface area contributed by atoms with E-state index in [0.29, 0.717) is 11.3 Å². The van der Waals surface area contributed by atoms with Gasteiger partial charge in [0.05, 0.1) is 20.2 Å². The molecular formula is C14H17NO4. The normalized spacial score (nSPS) is 11.9. The third kappa shape index (κ3) is 3.90. The number of rotatable bonds is 6. The van der Waals surface area contributed by atoms with Gasteiger partial charge in [0.1, 0.15) is 11.5 Å². The van der Waals surface area contributed by atoms with Crippen LogP contribution in [0, 0.1) is 12.3 Å². The summed E-state index contributed by atoms with van der Waals surface area (Å²) in [6.45, 7) is 1.78. The van der Waals surface area contributed by atoms with E-state index in [9.17, 15) is 9.90 Å². The number of phenols is 1. The van der Waals surface area contributed by atoms with E-state index in [4.69, 9.17) is 16.3 Å². The van der Waals surface area contributed by atoms with E-state index in [1.165, 1.54) is 13.2 Å². The van der Waals surface area contributed by atoms with Crippen LogP contribution in [0.25, 0.3) is 0 Å². The quantitative estimate of drug-likeness (QED) is 0.761. The lowest BCUT2D eigenvalue weighted by atomic mass is 10.1. The molecular weight excluding hydrogens is 246 g/mol. The van der Waals surface area contributed by atoms with Crippen LogP contribution >= 0.6 is 0 Å². The number of hydrogen-bond acceptors (Lipinski definition) is 4. The van der Waals surface area contributed by atoms with Crippen molar-refractivity contribution < 1.29 is 19.7 Å². The Morgan fingerprint density at radius 2 is 2.26 bits per heavy atom. The van der Waals surface area contributed by atoms with E-state index < -0.39 is 5.97 Å². The minimum atomic E-state index is -0.968. The predicted molar refractivity (Wildman–Crippen MR) is 71.1 cm³/mol. The summed E-state index contributed by atoms with van der Waals surface area (Å²) in [6.07, 6.45) is 5.24. The van der Waals surface area contributed by atoms with Crippen molar-refractivity contribution in [2.45, 2.75) is 13.0 Å². The fourth-order valence-electron chi connectivity index (χ4n) is 1.81. The molecule has 0 amide bonds. The number of phenolic OH excluding ortho intramolecular Hbond substituents is 1. The number of benzene rings is 1. The Bertz CT molecular complexity index is 493. The van der Waals surface area contributed by atoms with Gasteiger partial charge in [-0.3, -0.25) is 9.69 Å². The van der Waals surface area contributed by atoms with E-state index in [-0.39, 0.29) is 24.9 Å². The van der Waals surface area contributed by atoms with Crippen LogP contribution in [-0.4, -0.2) is 41.3 Å². The maximum absolute atomic E-state index is 10.8. The summed E-state index contributed by atoms with van der Waals surface area (Å²) >= 11 is 0. The molecule has 0 spiro atoms. The lowest BCUT2D eigenvalue weighted by molar-refractivity contribution is -0.138. The molecule has 102 valence electrons. The molecule has 1 unspecified atom stereocenters. The molecule has 0 aliphatic carbocycles. The van der Waals surface area contributed by atoms with Crippen molar-refractivity contribution in [1.82, 2.24) is 4.90 Å². The second-order valence-corrected chi connectivity index (χ2v) is 4.10. The summed E-state index contributed by atoms with van der Waals surface area (Å²) in [4.78, 5) is 12.4. The van der Waals surface area contributed by atoms with Crippen molar-refractivity contribution in [2.75, 3.05) is 20.2 Å². The Balaban J connectivity index is 3.04. The third-order valence-corrected chi connectivity index (χ3v) is 2.87. The van der Waals surface area contributed by atoms with Crippen molar-refractivity contribution in [3.8, 4) is 23.8 Å². The highest BCUT2D eigenvalue weighted by Gasteiger charge is 2.20. The Kier molecular flexibility index (Phi) is 5.22. The number of carboxylic acid groups (broad SMARTS) is 1. The highest BCUT2D eigenvalue weighted by Crippen LogP contribution is 2.31. The molecule has 0 radical (unpaired) electrons. The number of hydrogen-bond donors (Lipinski definition) is 2. The van der Waals surface area contributed by atoms with Gasteiger partial charge in [-0.2, -0.15) is 0 Å². The number of carboxylic acids is 1. The number of methoxy groups -OCH3 is 1. The zero-order valence-electron chi connectivity index (χ0n) is 11.0. The van der Waals surface area contributed by atoms with Crippen molar-refractivity contribution in [3.63, 3.8) is 0 Å². The first-order chi connectivity index (χ1) is 8.99. The zero-order chi connectivity index (χ0) is 14.4. The molecule has 0 bridgehead atoms. The Morgan fingerprint density at radius 1 is 1.58 bits per heavy atom. The van der Waals surface area contributed by atoms with Gasteiger partial charge >= 0.3 is 5.97 Å². The maximum atomic E-state index is 10.8. The summed E-state index contributed by atoms with van der Waals surface area (Å²) in [5.41, 5.74) is 0.579. The molecule has 5 heteroatoms. The van der Waals surface area contributed by atoms with Crippen LogP contribution in [0.5, 0.6) is 11.5 Å². The molecule has 0 aromatic heterocycles. The number of carbonyl (C=O) groups is 1. The van der Waals surface area contributed by atoms with Crippen LogP contribution in [0.1, 0.15) is 18.5 Å². The molecule has 0 aliphatic rings. The van der Waals surface area contributed by atoms with Gasteiger partial charge in [0.15, 0.2) is 0 Å². The second-order valence-electron chi connectivity index (χ2n) is 4.10. The molecule has 0 saturated carbocycles. The van der Waals surface area contributed by atoms with Crippen LogP contribution < -0.4 is 4.74 Å². The van der Waals surface area contributed by atoms with Crippen LogP contribution in [0.3, 0.4) is 0 Å². The number of aromatic hydroxyl groups is 1. The second kappa shape index (κ2) is 6.66. The van der Waals surface area contributed by atoms with Gasteiger partial charge in [-0.1, -0.05) is 5.92 Å². The summed E-state index contributed by atoms with van der Waals surface area (Å²) in [6, 6.07) is 4.49. The van der Waals surface area contributed by atoms with Crippen molar-refractivity contribution in [1.29, 1.82) is 0 Å². The van der Waals surface area contributed by atoms with Gasteiger partial charge in [-0.15, -0.1) is 6.42 Å². The Hall–Kier alpha value is -2.19. The zero-order valence-corrected chi connectivity index (χ0v) is 11.0. The summed E-state index contributed by atoms with van der Waals surface area (Å²) in [5.74, 6) is 2.13. The van der Waals surface area contributed by atoms with Crippen LogP contribution in [0.4, 0.5) is 0 Å². The van der Waals surface area contributed by atoms with E-state index >= 15 is 0 Å². The number of aliphatic carboxylic acids is 1. The van der Waals surface area contributed by atoms with E-state index in [1.807, 2.05) is 0 Å². The smallest absolute Gasteiger partial charge is 0.317 e. The fraction of sp³-hybridized carbons (Fsp3) is 0.357. The van der Waals surface area contributed by atoms with E-state index in [2.05, 4.69) is 5.92 Å². The predicted octanol–water partition coefficient (Wildman–Crippen LogP) is 1.48. The molecule has 0 aliphatic heterocycles. The summed E-state index contributed by atoms with van der Waals surface area (Å²) in [7, 11) is 1.53. The maximum Gasteiger partial charge on any atom is 0.317 e. The highest BCUT2D eigenvalue weighted by molar-refractivity contribution is 5.69. The number of nitrogens with zero attached hydrogens (tertiary/aromatic N) is 1. The average Bonchev–Trinajstić information content (AvgIpc) is 2.37. The first kappa shape index (κ1) is 14.9. The van der Waals surface area contributed by atoms with Crippen molar-refractivity contribution in [2.24, 2.45) is 0 Å². The average molecular weight is 263 g/mol. The first-order valence-electron chi connectivity index (χ1n) is 5.75. The molecule has 1 rings (SSSR count). The number of terminal acetylenes is 1. The Morgan fingerprint density at radius 3 is 2.79 bits per heavy atom. The topological polar surface area (TPSA) is 70.0 Å². The summed E-state index contributed by atoms with van der Waals surface area (Å²) < 4.78 is 5.09. The van der Waals surface area contributed by atoms with E-state index in [0.717, 1.165) is 0 Å². The highest BCUT2D eigenvalue weighted by atomic mass is 16.5. The SMILES string of the molecule is C#CCN(CC(=O)O)C(C)c1cc(OC)ccc1O. The molecule has 1 aromatic rings. The van der Waals surface area contributed by atoms with Crippen molar-refractivity contribution in [3.05, 3.63) is 23.8 Å². The van der Waals surface area contributed by atoms with Crippen LogP contribution in [-0.2, 0) is 4.79 Å². The molecule has 1 aromatic carbocycles. The van der Waals surface area contributed by atoms with E-state index in [1.54, 1.807) is 24.0 Å². The molecule has 19 heavy (non-hydrogen) atoms. The molecule has 0 fully saturated rings. The molecule has 1 atom stereocenters. The molecule has 0 saturated heterocycles. The number of ether oxygens (including phenoxy) is 1. The minimum absolute atomic E-state index is 0.0840. The summed E-state index contributed by atoms with van der Waals surface area (Å²) in [5, 5.41) is 18.7. The third-order valence-electron chi connectivity index (χ3n) is 2.87. The fourth-order valence-corrected chi connectivity index (χ4v) is 1.81. The molecule has 5 nitrogen and oxygen atoms in total. The largest absolute Gasteiger partial charge is 0.508 e. The van der Waals surface area contributed by atoms with Gasteiger partial charge in [0.2, 0.25) is 0 Å². The van der Waals surface area contributed by atoms with Gasteiger partial charge < -0.3 is 14.9 Å². The van der Waals surface area contributed by atoms with Crippen LogP contribution in [0.15, 0.2) is 18.2 Å². The minimum Gasteiger partial charge on any atom is -0.508 e. The van der Waals surface area contributed by atoms with Gasteiger partial charge in [-0.25, -0.2) is 0 Å². The van der Waals surface area contributed by atoms with Gasteiger partial charge in [0, 0.05) is 11.6 Å². The van der Waals surface area contributed by atoms with Crippen LogP contribution in [0.2, 0.25) is 0 Å². The lowest BCUT2D eigenvalue weighted by Gasteiger charge is -2.26. The standard InChI is InChI=1S/C14H17NO4/c1-4-7-15(9-14(17)18)10(2)12-8-11(19-3)5-6-13(12)16/h1,5-6,8,10,16H,7,9H2,2-3H3,(H,17,18). The van der Waals surface area contributed by atoms with Crippen molar-refractivity contribution >= 4 is 5.97 Å². The monoisotopic (exact) mass is 263 g/mol. The Labute approximate surface area is 112 Å².